The first-order valence-electron chi connectivity index (χ1n) is 12.4. The Hall–Kier alpha value is -2.42. The van der Waals surface area contributed by atoms with Crippen LogP contribution in [0.25, 0.3) is 0 Å². The maximum absolute atomic E-state index is 13.2. The topological polar surface area (TPSA) is 73.0 Å². The van der Waals surface area contributed by atoms with E-state index in [0.29, 0.717) is 44.3 Å². The Morgan fingerprint density at radius 2 is 1.74 bits per heavy atom. The van der Waals surface area contributed by atoms with Crippen molar-refractivity contribution in [1.29, 1.82) is 0 Å². The summed E-state index contributed by atoms with van der Waals surface area (Å²) in [6.07, 6.45) is 4.68. The molecule has 0 saturated carbocycles. The SMILES string of the molecule is CC1CCCCN1CCCNC(=O)c1cccc(S(=O)(=O)N2CCN(c3ccccc3)CC2)c1. The normalized spacial score (nSPS) is 20.3. The van der Waals surface area contributed by atoms with E-state index < -0.39 is 10.0 Å². The minimum absolute atomic E-state index is 0.176. The van der Waals surface area contributed by atoms with Crippen LogP contribution in [-0.4, -0.2) is 75.4 Å². The molecule has 2 heterocycles. The quantitative estimate of drug-likeness (QED) is 0.583. The number of para-hydroxylation sites is 1. The molecule has 0 bridgehead atoms. The first-order chi connectivity index (χ1) is 16.4. The van der Waals surface area contributed by atoms with Crippen molar-refractivity contribution >= 4 is 21.6 Å². The van der Waals surface area contributed by atoms with Gasteiger partial charge in [-0.2, -0.15) is 4.31 Å². The van der Waals surface area contributed by atoms with Gasteiger partial charge in [0.15, 0.2) is 0 Å². The van der Waals surface area contributed by atoms with Crippen LogP contribution in [0.2, 0.25) is 0 Å². The maximum Gasteiger partial charge on any atom is 0.251 e. The molecular weight excluding hydrogens is 448 g/mol. The largest absolute Gasteiger partial charge is 0.369 e. The number of sulfonamides is 1. The van der Waals surface area contributed by atoms with Crippen LogP contribution in [0, 0.1) is 0 Å². The minimum atomic E-state index is -3.65. The lowest BCUT2D eigenvalue weighted by Gasteiger charge is -2.35. The highest BCUT2D eigenvalue weighted by Crippen LogP contribution is 2.22. The van der Waals surface area contributed by atoms with Crippen LogP contribution in [0.15, 0.2) is 59.5 Å². The average Bonchev–Trinajstić information content (AvgIpc) is 2.88. The Balaban J connectivity index is 1.30. The van der Waals surface area contributed by atoms with E-state index in [0.717, 1.165) is 25.2 Å². The second-order valence-corrected chi connectivity index (χ2v) is 11.2. The molecule has 34 heavy (non-hydrogen) atoms. The molecule has 1 unspecified atom stereocenters. The Kier molecular flexibility index (Phi) is 8.24. The van der Waals surface area contributed by atoms with Gasteiger partial charge < -0.3 is 15.1 Å². The molecular formula is C26H36N4O3S. The van der Waals surface area contributed by atoms with Gasteiger partial charge in [-0.05, 0) is 63.1 Å². The molecule has 184 valence electrons. The molecule has 7 nitrogen and oxygen atoms in total. The van der Waals surface area contributed by atoms with Crippen LogP contribution >= 0.6 is 0 Å². The molecule has 1 amide bonds. The molecule has 2 aliphatic heterocycles. The van der Waals surface area contributed by atoms with Crippen molar-refractivity contribution in [3.8, 4) is 0 Å². The molecule has 8 heteroatoms. The first kappa shape index (κ1) is 24.7. The number of piperazine rings is 1. The van der Waals surface area contributed by atoms with Crippen LogP contribution in [0.4, 0.5) is 5.69 Å². The van der Waals surface area contributed by atoms with Gasteiger partial charge in [-0.25, -0.2) is 8.42 Å². The second kappa shape index (κ2) is 11.3. The summed E-state index contributed by atoms with van der Waals surface area (Å²) >= 11 is 0. The van der Waals surface area contributed by atoms with Gasteiger partial charge in [-0.1, -0.05) is 30.7 Å². The molecule has 0 aliphatic carbocycles. The lowest BCUT2D eigenvalue weighted by Crippen LogP contribution is -2.48. The fraction of sp³-hybridized carbons (Fsp3) is 0.500. The van der Waals surface area contributed by atoms with Gasteiger partial charge >= 0.3 is 0 Å². The summed E-state index contributed by atoms with van der Waals surface area (Å²) in [6, 6.07) is 17.1. The molecule has 1 atom stereocenters. The van der Waals surface area contributed by atoms with Crippen LogP contribution in [0.1, 0.15) is 43.0 Å². The minimum Gasteiger partial charge on any atom is -0.369 e. The number of likely N-dealkylation sites (tertiary alicyclic amines) is 1. The van der Waals surface area contributed by atoms with E-state index in [1.807, 2.05) is 30.3 Å². The monoisotopic (exact) mass is 484 g/mol. The summed E-state index contributed by atoms with van der Waals surface area (Å²) < 4.78 is 28.0. The van der Waals surface area contributed by atoms with Crippen LogP contribution in [0.3, 0.4) is 0 Å². The van der Waals surface area contributed by atoms with E-state index in [1.54, 1.807) is 18.2 Å². The predicted molar refractivity (Wildman–Crippen MR) is 136 cm³/mol. The maximum atomic E-state index is 13.2. The number of carbonyl (C=O) groups excluding carboxylic acids is 1. The molecule has 4 rings (SSSR count). The second-order valence-electron chi connectivity index (χ2n) is 9.24. The van der Waals surface area contributed by atoms with E-state index in [2.05, 4.69) is 22.0 Å². The third-order valence-electron chi connectivity index (χ3n) is 6.94. The number of amides is 1. The average molecular weight is 485 g/mol. The first-order valence-corrected chi connectivity index (χ1v) is 13.8. The van der Waals surface area contributed by atoms with Gasteiger partial charge in [0.2, 0.25) is 10.0 Å². The van der Waals surface area contributed by atoms with Crippen molar-refractivity contribution in [3.05, 3.63) is 60.2 Å². The predicted octanol–water partition coefficient (Wildman–Crippen LogP) is 3.19. The Bertz CT molecular complexity index is 1050. The molecule has 0 radical (unpaired) electrons. The zero-order chi connectivity index (χ0) is 24.0. The number of hydrogen-bond acceptors (Lipinski definition) is 5. The zero-order valence-electron chi connectivity index (χ0n) is 20.0. The standard InChI is InChI=1S/C26H36N4O3S/c1-22-9-5-6-15-28(22)16-8-14-27-26(31)23-10-7-13-25(21-23)34(32,33)30-19-17-29(18-20-30)24-11-3-2-4-12-24/h2-4,7,10-13,21-22H,5-6,8-9,14-20H2,1H3,(H,27,31). The van der Waals surface area contributed by atoms with Gasteiger partial charge in [0.1, 0.15) is 0 Å². The molecule has 2 fully saturated rings. The fourth-order valence-corrected chi connectivity index (χ4v) is 6.32. The van der Waals surface area contributed by atoms with Crippen molar-refractivity contribution in [1.82, 2.24) is 14.5 Å². The molecule has 2 aliphatic rings. The van der Waals surface area contributed by atoms with E-state index in [-0.39, 0.29) is 10.8 Å². The van der Waals surface area contributed by atoms with Crippen LogP contribution < -0.4 is 10.2 Å². The fourth-order valence-electron chi connectivity index (χ4n) is 4.85. The molecule has 2 aromatic rings. The third kappa shape index (κ3) is 5.98. The summed E-state index contributed by atoms with van der Waals surface area (Å²) in [4.78, 5) is 17.5. The van der Waals surface area contributed by atoms with Crippen molar-refractivity contribution in [2.24, 2.45) is 0 Å². The van der Waals surface area contributed by atoms with Gasteiger partial charge in [0.05, 0.1) is 4.90 Å². The van der Waals surface area contributed by atoms with E-state index in [4.69, 9.17) is 0 Å². The van der Waals surface area contributed by atoms with E-state index in [9.17, 15) is 13.2 Å². The highest BCUT2D eigenvalue weighted by Gasteiger charge is 2.29. The number of hydrogen-bond donors (Lipinski definition) is 1. The van der Waals surface area contributed by atoms with Crippen molar-refractivity contribution in [2.45, 2.75) is 43.5 Å². The van der Waals surface area contributed by atoms with Crippen molar-refractivity contribution < 1.29 is 13.2 Å². The number of piperidine rings is 1. The third-order valence-corrected chi connectivity index (χ3v) is 8.84. The number of anilines is 1. The summed E-state index contributed by atoms with van der Waals surface area (Å²) in [6.45, 7) is 7.08. The van der Waals surface area contributed by atoms with Gasteiger partial charge in [0.25, 0.3) is 5.91 Å². The molecule has 0 aromatic heterocycles. The van der Waals surface area contributed by atoms with Gasteiger partial charge in [-0.15, -0.1) is 0 Å². The molecule has 2 aromatic carbocycles. The van der Waals surface area contributed by atoms with Gasteiger partial charge in [0, 0.05) is 56.6 Å². The Morgan fingerprint density at radius 1 is 0.971 bits per heavy atom. The van der Waals surface area contributed by atoms with E-state index >= 15 is 0 Å². The molecule has 2 saturated heterocycles. The summed E-state index contributed by atoms with van der Waals surface area (Å²) in [5, 5.41) is 2.95. The Morgan fingerprint density at radius 3 is 2.47 bits per heavy atom. The summed E-state index contributed by atoms with van der Waals surface area (Å²) in [7, 11) is -3.65. The van der Waals surface area contributed by atoms with Gasteiger partial charge in [-0.3, -0.25) is 4.79 Å². The molecule has 0 spiro atoms. The number of rotatable bonds is 8. The van der Waals surface area contributed by atoms with Crippen LogP contribution in [0.5, 0.6) is 0 Å². The number of benzene rings is 2. The highest BCUT2D eigenvalue weighted by molar-refractivity contribution is 7.89. The summed E-state index contributed by atoms with van der Waals surface area (Å²) in [5.74, 6) is -0.224. The number of nitrogens with zero attached hydrogens (tertiary/aromatic N) is 3. The zero-order valence-corrected chi connectivity index (χ0v) is 20.8. The lowest BCUT2D eigenvalue weighted by atomic mass is 10.0. The van der Waals surface area contributed by atoms with E-state index in [1.165, 1.54) is 29.6 Å². The van der Waals surface area contributed by atoms with Crippen molar-refractivity contribution in [2.75, 3.05) is 50.7 Å². The highest BCUT2D eigenvalue weighted by atomic mass is 32.2. The molecule has 1 N–H and O–H groups in total. The van der Waals surface area contributed by atoms with Crippen LogP contribution in [-0.2, 0) is 10.0 Å². The number of carbonyl (C=O) groups is 1. The number of nitrogens with one attached hydrogen (secondary N) is 1. The van der Waals surface area contributed by atoms with Crippen molar-refractivity contribution in [3.63, 3.8) is 0 Å². The lowest BCUT2D eigenvalue weighted by molar-refractivity contribution is 0.0948. The Labute approximate surface area is 203 Å². The summed E-state index contributed by atoms with van der Waals surface area (Å²) in [5.41, 5.74) is 1.49. The smallest absolute Gasteiger partial charge is 0.251 e.